The quantitative estimate of drug-likeness (QED) is 0.678. The van der Waals surface area contributed by atoms with E-state index in [9.17, 15) is 9.90 Å². The summed E-state index contributed by atoms with van der Waals surface area (Å²) in [5.41, 5.74) is 1.63. The minimum absolute atomic E-state index is 0.0440. The third-order valence-electron chi connectivity index (χ3n) is 3.52. The van der Waals surface area contributed by atoms with Crippen LogP contribution in [-0.4, -0.2) is 28.1 Å². The smallest absolute Gasteiger partial charge is 0.270 e. The Labute approximate surface area is 153 Å². The molecule has 0 fully saturated rings. The van der Waals surface area contributed by atoms with Crippen molar-refractivity contribution >= 4 is 40.1 Å². The molecule has 0 radical (unpaired) electrons. The first-order valence-electron chi connectivity index (χ1n) is 7.25. The van der Waals surface area contributed by atoms with E-state index in [4.69, 9.17) is 27.9 Å². The molecule has 2 N–H and O–H groups in total. The van der Waals surface area contributed by atoms with Crippen LogP contribution >= 0.6 is 23.2 Å². The molecule has 0 atom stereocenters. The van der Waals surface area contributed by atoms with E-state index in [1.54, 1.807) is 13.2 Å². The van der Waals surface area contributed by atoms with E-state index < -0.39 is 0 Å². The van der Waals surface area contributed by atoms with Crippen LogP contribution in [0.2, 0.25) is 10.2 Å². The van der Waals surface area contributed by atoms with E-state index in [1.807, 2.05) is 24.3 Å². The Kier molecular flexibility index (Phi) is 4.92. The third kappa shape index (κ3) is 3.60. The number of nitrogens with one attached hydrogen (secondary N) is 1. The van der Waals surface area contributed by atoms with Crippen LogP contribution < -0.4 is 10.1 Å². The molecular formula is C17H13Cl2N3O3. The van der Waals surface area contributed by atoms with E-state index in [-0.39, 0.29) is 33.0 Å². The van der Waals surface area contributed by atoms with Gasteiger partial charge >= 0.3 is 0 Å². The Morgan fingerprint density at radius 2 is 2.04 bits per heavy atom. The van der Waals surface area contributed by atoms with Gasteiger partial charge in [-0.05, 0) is 29.8 Å². The average molecular weight is 378 g/mol. The van der Waals surface area contributed by atoms with Gasteiger partial charge in [0.05, 0.1) is 12.6 Å². The Bertz CT molecular complexity index is 963. The SMILES string of the molecule is COc1cccc(CNC(=O)c2ccc3nc(Cl)c(O)c(Cl)c3n2)c1. The highest BCUT2D eigenvalue weighted by atomic mass is 35.5. The zero-order chi connectivity index (χ0) is 18.0. The monoisotopic (exact) mass is 377 g/mol. The van der Waals surface area contributed by atoms with E-state index in [1.165, 1.54) is 6.07 Å². The molecular weight excluding hydrogens is 365 g/mol. The number of nitrogens with zero attached hydrogens (tertiary/aromatic N) is 2. The molecule has 3 rings (SSSR count). The Morgan fingerprint density at radius 1 is 1.24 bits per heavy atom. The summed E-state index contributed by atoms with van der Waals surface area (Å²) in [4.78, 5) is 20.5. The summed E-state index contributed by atoms with van der Waals surface area (Å²) < 4.78 is 5.15. The lowest BCUT2D eigenvalue weighted by Crippen LogP contribution is -2.23. The molecule has 2 aromatic heterocycles. The second kappa shape index (κ2) is 7.13. The van der Waals surface area contributed by atoms with Crippen molar-refractivity contribution in [2.24, 2.45) is 0 Å². The maximum atomic E-state index is 12.3. The number of fused-ring (bicyclic) bond motifs is 1. The normalized spacial score (nSPS) is 10.7. The maximum Gasteiger partial charge on any atom is 0.270 e. The number of hydrogen-bond donors (Lipinski definition) is 2. The predicted octanol–water partition coefficient (Wildman–Crippen LogP) is 3.58. The molecule has 1 aromatic carbocycles. The molecule has 0 spiro atoms. The Balaban J connectivity index is 1.82. The molecule has 0 aliphatic carbocycles. The van der Waals surface area contributed by atoms with E-state index in [0.29, 0.717) is 17.8 Å². The van der Waals surface area contributed by atoms with Crippen LogP contribution in [0.3, 0.4) is 0 Å². The van der Waals surface area contributed by atoms with Gasteiger partial charge in [0.2, 0.25) is 0 Å². The fraction of sp³-hybridized carbons (Fsp3) is 0.118. The fourth-order valence-electron chi connectivity index (χ4n) is 2.25. The first kappa shape index (κ1) is 17.3. The van der Waals surface area contributed by atoms with Gasteiger partial charge in [0.1, 0.15) is 22.0 Å². The lowest BCUT2D eigenvalue weighted by Gasteiger charge is -2.08. The number of ether oxygens (including phenoxy) is 1. The van der Waals surface area contributed by atoms with Gasteiger partial charge in [-0.2, -0.15) is 0 Å². The highest BCUT2D eigenvalue weighted by Crippen LogP contribution is 2.34. The second-order valence-corrected chi connectivity index (χ2v) is 5.90. The highest BCUT2D eigenvalue weighted by molar-refractivity contribution is 6.39. The molecule has 0 saturated carbocycles. The molecule has 25 heavy (non-hydrogen) atoms. The van der Waals surface area contributed by atoms with Gasteiger partial charge in [0, 0.05) is 6.54 Å². The van der Waals surface area contributed by atoms with Gasteiger partial charge in [0.15, 0.2) is 10.9 Å². The molecule has 2 heterocycles. The summed E-state index contributed by atoms with van der Waals surface area (Å²) in [6.07, 6.45) is 0. The van der Waals surface area contributed by atoms with Gasteiger partial charge in [-0.25, -0.2) is 9.97 Å². The van der Waals surface area contributed by atoms with E-state index in [0.717, 1.165) is 5.56 Å². The fourth-order valence-corrected chi connectivity index (χ4v) is 2.71. The largest absolute Gasteiger partial charge is 0.504 e. The van der Waals surface area contributed by atoms with Crippen molar-refractivity contribution < 1.29 is 14.6 Å². The first-order valence-corrected chi connectivity index (χ1v) is 8.01. The molecule has 6 nitrogen and oxygen atoms in total. The van der Waals surface area contributed by atoms with Crippen molar-refractivity contribution in [3.8, 4) is 11.5 Å². The molecule has 0 aliphatic rings. The van der Waals surface area contributed by atoms with Crippen LogP contribution in [-0.2, 0) is 6.54 Å². The summed E-state index contributed by atoms with van der Waals surface area (Å²) >= 11 is 11.8. The van der Waals surface area contributed by atoms with E-state index >= 15 is 0 Å². The van der Waals surface area contributed by atoms with Gasteiger partial charge in [0.25, 0.3) is 5.91 Å². The number of halogens is 2. The van der Waals surface area contributed by atoms with Crippen molar-refractivity contribution in [2.45, 2.75) is 6.54 Å². The molecule has 0 aliphatic heterocycles. The van der Waals surface area contributed by atoms with Crippen molar-refractivity contribution in [3.63, 3.8) is 0 Å². The van der Waals surface area contributed by atoms with Gasteiger partial charge in [-0.3, -0.25) is 4.79 Å². The van der Waals surface area contributed by atoms with Crippen molar-refractivity contribution in [1.82, 2.24) is 15.3 Å². The third-order valence-corrected chi connectivity index (χ3v) is 4.15. The lowest BCUT2D eigenvalue weighted by atomic mass is 10.2. The molecule has 0 bridgehead atoms. The van der Waals surface area contributed by atoms with Crippen LogP contribution in [0.25, 0.3) is 11.0 Å². The number of aromatic nitrogens is 2. The van der Waals surface area contributed by atoms with Gasteiger partial charge < -0.3 is 15.2 Å². The number of pyridine rings is 2. The van der Waals surface area contributed by atoms with Crippen LogP contribution in [0.5, 0.6) is 11.5 Å². The number of carbonyl (C=O) groups is 1. The standard InChI is InChI=1S/C17H13Cl2N3O3/c1-25-10-4-2-3-9(7-10)8-20-17(24)12-6-5-11-14(21-12)13(18)15(23)16(19)22-11/h2-7,23H,8H2,1H3,(H,20,24). The first-order chi connectivity index (χ1) is 12.0. The van der Waals surface area contributed by atoms with Crippen molar-refractivity contribution in [3.05, 3.63) is 57.8 Å². The number of amides is 1. The number of benzene rings is 1. The maximum absolute atomic E-state index is 12.3. The predicted molar refractivity (Wildman–Crippen MR) is 95.4 cm³/mol. The topological polar surface area (TPSA) is 84.3 Å². The molecule has 8 heteroatoms. The van der Waals surface area contributed by atoms with Gasteiger partial charge in [-0.15, -0.1) is 0 Å². The number of rotatable bonds is 4. The minimum atomic E-state index is -0.379. The number of aromatic hydroxyl groups is 1. The van der Waals surface area contributed by atoms with Crippen LogP contribution in [0, 0.1) is 0 Å². The number of carbonyl (C=O) groups excluding carboxylic acids is 1. The summed E-state index contributed by atoms with van der Waals surface area (Å²) in [6, 6.07) is 10.4. The summed E-state index contributed by atoms with van der Waals surface area (Å²) in [6.45, 7) is 0.313. The number of hydrogen-bond acceptors (Lipinski definition) is 5. The molecule has 128 valence electrons. The Hall–Kier alpha value is -2.57. The Morgan fingerprint density at radius 3 is 2.80 bits per heavy atom. The molecule has 3 aromatic rings. The lowest BCUT2D eigenvalue weighted by molar-refractivity contribution is 0.0946. The van der Waals surface area contributed by atoms with Crippen LogP contribution in [0.1, 0.15) is 16.1 Å². The second-order valence-electron chi connectivity index (χ2n) is 5.16. The summed E-state index contributed by atoms with van der Waals surface area (Å²) in [5, 5.41) is 12.4. The van der Waals surface area contributed by atoms with Crippen LogP contribution in [0.4, 0.5) is 0 Å². The summed E-state index contributed by atoms with van der Waals surface area (Å²) in [7, 11) is 1.58. The average Bonchev–Trinajstić information content (AvgIpc) is 2.64. The van der Waals surface area contributed by atoms with E-state index in [2.05, 4.69) is 15.3 Å². The molecule has 1 amide bonds. The summed E-state index contributed by atoms with van der Waals surface area (Å²) in [5.74, 6) is -0.0340. The van der Waals surface area contributed by atoms with Crippen LogP contribution in [0.15, 0.2) is 36.4 Å². The van der Waals surface area contributed by atoms with Gasteiger partial charge in [-0.1, -0.05) is 35.3 Å². The van der Waals surface area contributed by atoms with Crippen molar-refractivity contribution in [2.75, 3.05) is 7.11 Å². The zero-order valence-corrected chi connectivity index (χ0v) is 14.6. The minimum Gasteiger partial charge on any atom is -0.504 e. The zero-order valence-electron chi connectivity index (χ0n) is 13.1. The number of methoxy groups -OCH3 is 1. The molecule has 0 saturated heterocycles. The molecule has 0 unspecified atom stereocenters. The highest BCUT2D eigenvalue weighted by Gasteiger charge is 2.15. The van der Waals surface area contributed by atoms with Crippen molar-refractivity contribution in [1.29, 1.82) is 0 Å².